The van der Waals surface area contributed by atoms with E-state index in [-0.39, 0.29) is 0 Å². The SMILES string of the molecule is Cc1cc(C)cc(CC2CCCC(=O)C2)c1. The van der Waals surface area contributed by atoms with Gasteiger partial charge in [0.2, 0.25) is 0 Å². The molecule has 1 aromatic rings. The number of carbonyl (C=O) groups is 1. The van der Waals surface area contributed by atoms with E-state index in [2.05, 4.69) is 32.0 Å². The van der Waals surface area contributed by atoms with Crippen molar-refractivity contribution >= 4 is 5.78 Å². The number of aryl methyl sites for hydroxylation is 2. The maximum atomic E-state index is 11.4. The summed E-state index contributed by atoms with van der Waals surface area (Å²) in [7, 11) is 0. The van der Waals surface area contributed by atoms with Gasteiger partial charge in [-0.05, 0) is 44.6 Å². The van der Waals surface area contributed by atoms with Crippen molar-refractivity contribution in [1.29, 1.82) is 0 Å². The molecule has 1 nitrogen and oxygen atoms in total. The summed E-state index contributed by atoms with van der Waals surface area (Å²) in [5, 5.41) is 0. The zero-order valence-corrected chi connectivity index (χ0v) is 10.3. The molecule has 1 aliphatic carbocycles. The van der Waals surface area contributed by atoms with E-state index < -0.39 is 0 Å². The second-order valence-electron chi connectivity index (χ2n) is 5.20. The van der Waals surface area contributed by atoms with Crippen molar-refractivity contribution < 1.29 is 4.79 Å². The van der Waals surface area contributed by atoms with Crippen molar-refractivity contribution in [1.82, 2.24) is 0 Å². The van der Waals surface area contributed by atoms with Gasteiger partial charge in [0.25, 0.3) is 0 Å². The third-order valence-electron chi connectivity index (χ3n) is 3.39. The summed E-state index contributed by atoms with van der Waals surface area (Å²) in [5.41, 5.74) is 4.06. The van der Waals surface area contributed by atoms with Crippen LogP contribution in [0.1, 0.15) is 42.4 Å². The minimum Gasteiger partial charge on any atom is -0.300 e. The van der Waals surface area contributed by atoms with E-state index in [1.165, 1.54) is 23.1 Å². The molecule has 1 heteroatoms. The van der Waals surface area contributed by atoms with Crippen LogP contribution in [0.15, 0.2) is 18.2 Å². The van der Waals surface area contributed by atoms with Gasteiger partial charge in [0.15, 0.2) is 0 Å². The number of rotatable bonds is 2. The zero-order chi connectivity index (χ0) is 11.5. The molecule has 1 saturated carbocycles. The van der Waals surface area contributed by atoms with E-state index in [9.17, 15) is 4.79 Å². The van der Waals surface area contributed by atoms with Crippen molar-refractivity contribution in [3.8, 4) is 0 Å². The lowest BCUT2D eigenvalue weighted by Gasteiger charge is -2.21. The van der Waals surface area contributed by atoms with Crippen molar-refractivity contribution in [2.24, 2.45) is 5.92 Å². The van der Waals surface area contributed by atoms with Gasteiger partial charge in [0, 0.05) is 12.8 Å². The first-order valence-electron chi connectivity index (χ1n) is 6.22. The molecule has 1 aromatic carbocycles. The molecule has 0 radical (unpaired) electrons. The molecule has 1 fully saturated rings. The van der Waals surface area contributed by atoms with Crippen LogP contribution >= 0.6 is 0 Å². The van der Waals surface area contributed by atoms with E-state index in [1.807, 2.05) is 0 Å². The molecule has 1 atom stereocenters. The highest BCUT2D eigenvalue weighted by atomic mass is 16.1. The third-order valence-corrected chi connectivity index (χ3v) is 3.39. The van der Waals surface area contributed by atoms with Crippen molar-refractivity contribution in [2.75, 3.05) is 0 Å². The number of hydrogen-bond donors (Lipinski definition) is 0. The maximum Gasteiger partial charge on any atom is 0.133 e. The van der Waals surface area contributed by atoms with Crippen molar-refractivity contribution in [3.05, 3.63) is 34.9 Å². The van der Waals surface area contributed by atoms with Gasteiger partial charge in [-0.25, -0.2) is 0 Å². The molecule has 0 heterocycles. The molecule has 0 aliphatic heterocycles. The Labute approximate surface area is 97.9 Å². The average molecular weight is 216 g/mol. The van der Waals surface area contributed by atoms with Gasteiger partial charge in [0.1, 0.15) is 5.78 Å². The average Bonchev–Trinajstić information content (AvgIpc) is 2.15. The Bertz CT molecular complexity index is 372. The molecule has 0 aromatic heterocycles. The zero-order valence-electron chi connectivity index (χ0n) is 10.3. The summed E-state index contributed by atoms with van der Waals surface area (Å²) >= 11 is 0. The molecule has 0 N–H and O–H groups in total. The summed E-state index contributed by atoms with van der Waals surface area (Å²) in [5.74, 6) is 1.04. The fourth-order valence-electron chi connectivity index (χ4n) is 2.81. The Morgan fingerprint density at radius 2 is 1.88 bits per heavy atom. The molecule has 1 unspecified atom stereocenters. The largest absolute Gasteiger partial charge is 0.300 e. The Kier molecular flexibility index (Phi) is 3.42. The van der Waals surface area contributed by atoms with E-state index in [4.69, 9.17) is 0 Å². The number of carbonyl (C=O) groups excluding carboxylic acids is 1. The monoisotopic (exact) mass is 216 g/mol. The van der Waals surface area contributed by atoms with Gasteiger partial charge in [0.05, 0.1) is 0 Å². The normalized spacial score (nSPS) is 21.1. The summed E-state index contributed by atoms with van der Waals surface area (Å²) < 4.78 is 0. The van der Waals surface area contributed by atoms with E-state index in [0.29, 0.717) is 11.7 Å². The lowest BCUT2D eigenvalue weighted by atomic mass is 9.84. The molecular formula is C15H20O. The van der Waals surface area contributed by atoms with Crippen LogP contribution in [0.4, 0.5) is 0 Å². The van der Waals surface area contributed by atoms with Crippen LogP contribution in [0.25, 0.3) is 0 Å². The second kappa shape index (κ2) is 4.82. The van der Waals surface area contributed by atoms with E-state index in [0.717, 1.165) is 25.7 Å². The number of hydrogen-bond acceptors (Lipinski definition) is 1. The Morgan fingerprint density at radius 1 is 1.19 bits per heavy atom. The maximum absolute atomic E-state index is 11.4. The molecule has 1 aliphatic rings. The fraction of sp³-hybridized carbons (Fsp3) is 0.533. The predicted octanol–water partition coefficient (Wildman–Crippen LogP) is 3.61. The van der Waals surface area contributed by atoms with Gasteiger partial charge in [-0.3, -0.25) is 4.79 Å². The number of ketones is 1. The molecule has 0 saturated heterocycles. The van der Waals surface area contributed by atoms with Crippen LogP contribution in [0, 0.1) is 19.8 Å². The standard InChI is InChI=1S/C15H20O/c1-11-6-12(2)8-14(7-11)9-13-4-3-5-15(16)10-13/h6-8,13H,3-5,9-10H2,1-2H3. The Hall–Kier alpha value is -1.11. The predicted molar refractivity (Wildman–Crippen MR) is 66.6 cm³/mol. The minimum atomic E-state index is 0.459. The summed E-state index contributed by atoms with van der Waals surface area (Å²) in [6.45, 7) is 4.28. The highest BCUT2D eigenvalue weighted by molar-refractivity contribution is 5.79. The summed E-state index contributed by atoms with van der Waals surface area (Å²) in [4.78, 5) is 11.4. The van der Waals surface area contributed by atoms with Crippen LogP contribution in [0.3, 0.4) is 0 Å². The minimum absolute atomic E-state index is 0.459. The fourth-order valence-corrected chi connectivity index (χ4v) is 2.81. The lowest BCUT2D eigenvalue weighted by molar-refractivity contribution is -0.121. The molecule has 0 spiro atoms. The summed E-state index contributed by atoms with van der Waals surface area (Å²) in [6, 6.07) is 6.72. The van der Waals surface area contributed by atoms with E-state index >= 15 is 0 Å². The molecule has 86 valence electrons. The number of Topliss-reactive ketones (excluding diaryl/α,β-unsaturated/α-hetero) is 1. The van der Waals surface area contributed by atoms with Crippen LogP contribution < -0.4 is 0 Å². The molecule has 0 amide bonds. The smallest absolute Gasteiger partial charge is 0.133 e. The summed E-state index contributed by atoms with van der Waals surface area (Å²) in [6.07, 6.45) is 5.00. The quantitative estimate of drug-likeness (QED) is 0.738. The Balaban J connectivity index is 2.05. The van der Waals surface area contributed by atoms with Crippen LogP contribution in [-0.2, 0) is 11.2 Å². The van der Waals surface area contributed by atoms with Gasteiger partial charge < -0.3 is 0 Å². The first-order valence-corrected chi connectivity index (χ1v) is 6.22. The topological polar surface area (TPSA) is 17.1 Å². The molecule has 0 bridgehead atoms. The third kappa shape index (κ3) is 2.94. The lowest BCUT2D eigenvalue weighted by Crippen LogP contribution is -2.16. The van der Waals surface area contributed by atoms with Gasteiger partial charge in [-0.2, -0.15) is 0 Å². The first kappa shape index (κ1) is 11.4. The second-order valence-corrected chi connectivity index (χ2v) is 5.20. The van der Waals surface area contributed by atoms with Crippen LogP contribution in [-0.4, -0.2) is 5.78 Å². The highest BCUT2D eigenvalue weighted by Gasteiger charge is 2.19. The number of benzene rings is 1. The van der Waals surface area contributed by atoms with Crippen LogP contribution in [0.5, 0.6) is 0 Å². The molecule has 16 heavy (non-hydrogen) atoms. The Morgan fingerprint density at radius 3 is 2.50 bits per heavy atom. The van der Waals surface area contributed by atoms with Crippen molar-refractivity contribution in [3.63, 3.8) is 0 Å². The van der Waals surface area contributed by atoms with Gasteiger partial charge in [-0.1, -0.05) is 29.3 Å². The van der Waals surface area contributed by atoms with Gasteiger partial charge >= 0.3 is 0 Å². The van der Waals surface area contributed by atoms with Crippen molar-refractivity contribution in [2.45, 2.75) is 46.0 Å². The molecule has 2 rings (SSSR count). The van der Waals surface area contributed by atoms with Gasteiger partial charge in [-0.15, -0.1) is 0 Å². The first-order chi connectivity index (χ1) is 7.63. The van der Waals surface area contributed by atoms with E-state index in [1.54, 1.807) is 0 Å². The molecular weight excluding hydrogens is 196 g/mol. The highest BCUT2D eigenvalue weighted by Crippen LogP contribution is 2.25. The van der Waals surface area contributed by atoms with Crippen LogP contribution in [0.2, 0.25) is 0 Å².